The second-order valence-corrected chi connectivity index (χ2v) is 8.61. The lowest BCUT2D eigenvalue weighted by atomic mass is 10.0. The van der Waals surface area contributed by atoms with E-state index in [4.69, 9.17) is 11.6 Å². The molecule has 140 valence electrons. The molecule has 2 atom stereocenters. The standard InChI is InChI=1S/C21H21ClN2O2S/c22-16-6-7-19-17(11-16)18(8-9-27-19)23-21(26)15-10-20(25)24(13-15)12-14-4-2-1-3-5-14/h1-7,11,15,18H,8-10,12-13H2,(H,23,26). The normalized spacial score (nSPS) is 21.8. The van der Waals surface area contributed by atoms with Crippen molar-refractivity contribution in [3.63, 3.8) is 0 Å². The fourth-order valence-corrected chi connectivity index (χ4v) is 5.00. The van der Waals surface area contributed by atoms with Crippen LogP contribution >= 0.6 is 23.4 Å². The number of fused-ring (bicyclic) bond motifs is 1. The van der Waals surface area contributed by atoms with Crippen LogP contribution in [0.3, 0.4) is 0 Å². The van der Waals surface area contributed by atoms with Gasteiger partial charge in [-0.1, -0.05) is 41.9 Å². The number of benzene rings is 2. The van der Waals surface area contributed by atoms with Gasteiger partial charge < -0.3 is 10.2 Å². The van der Waals surface area contributed by atoms with Crippen molar-refractivity contribution in [2.75, 3.05) is 12.3 Å². The molecule has 4 rings (SSSR count). The summed E-state index contributed by atoms with van der Waals surface area (Å²) < 4.78 is 0. The van der Waals surface area contributed by atoms with Crippen LogP contribution in [0.25, 0.3) is 0 Å². The van der Waals surface area contributed by atoms with Gasteiger partial charge in [0, 0.05) is 35.2 Å². The molecular weight excluding hydrogens is 380 g/mol. The van der Waals surface area contributed by atoms with E-state index in [1.807, 2.05) is 48.5 Å². The van der Waals surface area contributed by atoms with E-state index in [1.54, 1.807) is 16.7 Å². The maximum Gasteiger partial charge on any atom is 0.225 e. The van der Waals surface area contributed by atoms with E-state index in [1.165, 1.54) is 4.90 Å². The number of carbonyl (C=O) groups is 2. The minimum absolute atomic E-state index is 0.0364. The fourth-order valence-electron chi connectivity index (χ4n) is 3.71. The molecule has 2 amide bonds. The van der Waals surface area contributed by atoms with Crippen molar-refractivity contribution >= 4 is 35.2 Å². The SMILES string of the molecule is O=C(NC1CCSc2ccc(Cl)cc21)C1CC(=O)N(Cc2ccccc2)C1. The van der Waals surface area contributed by atoms with Crippen molar-refractivity contribution in [2.24, 2.45) is 5.92 Å². The number of thioether (sulfide) groups is 1. The molecule has 2 heterocycles. The number of likely N-dealkylation sites (tertiary alicyclic amines) is 1. The van der Waals surface area contributed by atoms with Crippen molar-refractivity contribution in [2.45, 2.75) is 30.3 Å². The predicted octanol–water partition coefficient (Wildman–Crippen LogP) is 4.04. The van der Waals surface area contributed by atoms with Crippen molar-refractivity contribution in [1.29, 1.82) is 0 Å². The van der Waals surface area contributed by atoms with Crippen LogP contribution < -0.4 is 5.32 Å². The van der Waals surface area contributed by atoms with Crippen molar-refractivity contribution in [3.05, 3.63) is 64.7 Å². The molecule has 0 aliphatic carbocycles. The number of hydrogen-bond donors (Lipinski definition) is 1. The first-order valence-electron chi connectivity index (χ1n) is 9.14. The van der Waals surface area contributed by atoms with Gasteiger partial charge in [0.05, 0.1) is 12.0 Å². The first-order chi connectivity index (χ1) is 13.1. The molecule has 0 saturated carbocycles. The van der Waals surface area contributed by atoms with Gasteiger partial charge in [-0.2, -0.15) is 0 Å². The number of halogens is 1. The molecule has 0 aromatic heterocycles. The van der Waals surface area contributed by atoms with Crippen LogP contribution in [0.4, 0.5) is 0 Å². The maximum absolute atomic E-state index is 12.8. The molecule has 4 nitrogen and oxygen atoms in total. The summed E-state index contributed by atoms with van der Waals surface area (Å²) in [6.45, 7) is 1.03. The maximum atomic E-state index is 12.8. The van der Waals surface area contributed by atoms with Crippen molar-refractivity contribution in [3.8, 4) is 0 Å². The lowest BCUT2D eigenvalue weighted by Gasteiger charge is -2.27. The summed E-state index contributed by atoms with van der Waals surface area (Å²) >= 11 is 7.94. The largest absolute Gasteiger partial charge is 0.349 e. The van der Waals surface area contributed by atoms with Gasteiger partial charge in [-0.05, 0) is 35.7 Å². The fraction of sp³-hybridized carbons (Fsp3) is 0.333. The molecule has 2 aromatic rings. The summed E-state index contributed by atoms with van der Waals surface area (Å²) in [7, 11) is 0. The number of carbonyl (C=O) groups excluding carboxylic acids is 2. The zero-order chi connectivity index (χ0) is 18.8. The Kier molecular flexibility index (Phi) is 5.41. The molecule has 0 bridgehead atoms. The van der Waals surface area contributed by atoms with Gasteiger partial charge in [0.25, 0.3) is 0 Å². The van der Waals surface area contributed by atoms with Crippen LogP contribution in [0.2, 0.25) is 5.02 Å². The average molecular weight is 401 g/mol. The Balaban J connectivity index is 1.41. The molecule has 2 unspecified atom stereocenters. The highest BCUT2D eigenvalue weighted by molar-refractivity contribution is 7.99. The summed E-state index contributed by atoms with van der Waals surface area (Å²) in [6.07, 6.45) is 1.15. The smallest absolute Gasteiger partial charge is 0.225 e. The molecule has 1 saturated heterocycles. The van der Waals surface area contributed by atoms with Crippen molar-refractivity contribution in [1.82, 2.24) is 10.2 Å². The van der Waals surface area contributed by atoms with E-state index in [9.17, 15) is 9.59 Å². The number of rotatable bonds is 4. The Morgan fingerprint density at radius 1 is 1.22 bits per heavy atom. The number of hydrogen-bond acceptors (Lipinski definition) is 3. The van der Waals surface area contributed by atoms with Gasteiger partial charge in [0.2, 0.25) is 11.8 Å². The molecule has 2 aliphatic heterocycles. The van der Waals surface area contributed by atoms with Gasteiger partial charge in [-0.3, -0.25) is 9.59 Å². The van der Waals surface area contributed by atoms with Crippen LogP contribution in [0.5, 0.6) is 0 Å². The summed E-state index contributed by atoms with van der Waals surface area (Å²) in [6, 6.07) is 15.7. The zero-order valence-corrected chi connectivity index (χ0v) is 16.4. The first-order valence-corrected chi connectivity index (χ1v) is 10.5. The predicted molar refractivity (Wildman–Crippen MR) is 108 cm³/mol. The second-order valence-electron chi connectivity index (χ2n) is 7.04. The third kappa shape index (κ3) is 4.14. The van der Waals surface area contributed by atoms with E-state index in [0.717, 1.165) is 23.3 Å². The molecule has 0 spiro atoms. The minimum atomic E-state index is -0.293. The Bertz CT molecular complexity index is 859. The Morgan fingerprint density at radius 3 is 2.85 bits per heavy atom. The molecule has 27 heavy (non-hydrogen) atoms. The second kappa shape index (κ2) is 7.95. The molecular formula is C21H21ClN2O2S. The average Bonchev–Trinajstić information content (AvgIpc) is 3.04. The highest BCUT2D eigenvalue weighted by Crippen LogP contribution is 2.37. The summed E-state index contributed by atoms with van der Waals surface area (Å²) in [5.41, 5.74) is 2.16. The van der Waals surface area contributed by atoms with E-state index >= 15 is 0 Å². The lowest BCUT2D eigenvalue weighted by molar-refractivity contribution is -0.129. The monoisotopic (exact) mass is 400 g/mol. The Labute approximate surface area is 168 Å². The zero-order valence-electron chi connectivity index (χ0n) is 14.9. The van der Waals surface area contributed by atoms with E-state index < -0.39 is 0 Å². The molecule has 1 N–H and O–H groups in total. The van der Waals surface area contributed by atoms with Gasteiger partial charge in [0.15, 0.2) is 0 Å². The van der Waals surface area contributed by atoms with Crippen LogP contribution in [0.15, 0.2) is 53.4 Å². The Hall–Kier alpha value is -1.98. The van der Waals surface area contributed by atoms with Crippen molar-refractivity contribution < 1.29 is 9.59 Å². The van der Waals surface area contributed by atoms with Crippen LogP contribution in [0.1, 0.15) is 30.0 Å². The third-order valence-electron chi connectivity index (χ3n) is 5.13. The summed E-state index contributed by atoms with van der Waals surface area (Å²) in [4.78, 5) is 28.1. The third-order valence-corrected chi connectivity index (χ3v) is 6.49. The van der Waals surface area contributed by atoms with Crippen LogP contribution in [0, 0.1) is 5.92 Å². The number of nitrogens with one attached hydrogen (secondary N) is 1. The van der Waals surface area contributed by atoms with Gasteiger partial charge >= 0.3 is 0 Å². The number of nitrogens with zero attached hydrogens (tertiary/aromatic N) is 1. The topological polar surface area (TPSA) is 49.4 Å². The highest BCUT2D eigenvalue weighted by Gasteiger charge is 2.35. The van der Waals surface area contributed by atoms with E-state index in [0.29, 0.717) is 18.1 Å². The molecule has 2 aliphatic rings. The van der Waals surface area contributed by atoms with Crippen LogP contribution in [-0.4, -0.2) is 29.0 Å². The van der Waals surface area contributed by atoms with Crippen LogP contribution in [-0.2, 0) is 16.1 Å². The van der Waals surface area contributed by atoms with E-state index in [-0.39, 0.29) is 30.2 Å². The molecule has 0 radical (unpaired) electrons. The van der Waals surface area contributed by atoms with Gasteiger partial charge in [0.1, 0.15) is 0 Å². The Morgan fingerprint density at radius 2 is 2.04 bits per heavy atom. The van der Waals surface area contributed by atoms with Gasteiger partial charge in [-0.25, -0.2) is 0 Å². The lowest BCUT2D eigenvalue weighted by Crippen LogP contribution is -2.36. The number of amides is 2. The molecule has 6 heteroatoms. The van der Waals surface area contributed by atoms with E-state index in [2.05, 4.69) is 5.32 Å². The first kappa shape index (κ1) is 18.4. The minimum Gasteiger partial charge on any atom is -0.349 e. The summed E-state index contributed by atoms with van der Waals surface area (Å²) in [5.74, 6) is 0.672. The van der Waals surface area contributed by atoms with Gasteiger partial charge in [-0.15, -0.1) is 11.8 Å². The molecule has 2 aromatic carbocycles. The summed E-state index contributed by atoms with van der Waals surface area (Å²) in [5, 5.41) is 3.84. The molecule has 1 fully saturated rings. The highest BCUT2D eigenvalue weighted by atomic mass is 35.5. The quantitative estimate of drug-likeness (QED) is 0.842.